The number of carbonyl (C=O) groups is 1. The summed E-state index contributed by atoms with van der Waals surface area (Å²) in [5, 5.41) is 8.08. The molecule has 0 aliphatic heterocycles. The number of nitrogens with zero attached hydrogens (tertiary/aromatic N) is 1. The number of fused-ring (bicyclic) bond motifs is 1. The van der Waals surface area contributed by atoms with E-state index in [1.165, 1.54) is 17.6 Å². The van der Waals surface area contributed by atoms with E-state index in [1.807, 2.05) is 13.0 Å². The molecule has 0 fully saturated rings. The fourth-order valence-electron chi connectivity index (χ4n) is 2.55. The minimum Gasteiger partial charge on any atom is -0.444 e. The third kappa shape index (κ3) is 2.77. The fraction of sp³-hybridized carbons (Fsp3) is 0.188. The van der Waals surface area contributed by atoms with Crippen LogP contribution in [0, 0.1) is 12.3 Å². The predicted octanol–water partition coefficient (Wildman–Crippen LogP) is 3.58. The van der Waals surface area contributed by atoms with Crippen LogP contribution >= 0.6 is 24.0 Å². The van der Waals surface area contributed by atoms with Gasteiger partial charge in [-0.2, -0.15) is 0 Å². The Balaban J connectivity index is 2.15. The van der Waals surface area contributed by atoms with E-state index in [0.717, 1.165) is 22.4 Å². The van der Waals surface area contributed by atoms with Gasteiger partial charge < -0.3 is 15.9 Å². The van der Waals surface area contributed by atoms with Gasteiger partial charge in [-0.25, -0.2) is 0 Å². The lowest BCUT2D eigenvalue weighted by molar-refractivity contribution is 0.100. The smallest absolute Gasteiger partial charge is 0.259 e. The molecule has 1 aliphatic carbocycles. The van der Waals surface area contributed by atoms with Crippen LogP contribution in [-0.4, -0.2) is 17.1 Å². The zero-order valence-electron chi connectivity index (χ0n) is 12.4. The molecule has 5 nitrogen and oxygen atoms in total. The van der Waals surface area contributed by atoms with Crippen LogP contribution in [0.4, 0.5) is 0 Å². The zero-order chi connectivity index (χ0) is 16.6. The molecule has 2 heterocycles. The number of nitrogens with two attached hydrogens (primary N) is 1. The van der Waals surface area contributed by atoms with E-state index in [2.05, 4.69) is 17.6 Å². The second kappa shape index (κ2) is 6.17. The summed E-state index contributed by atoms with van der Waals surface area (Å²) in [5.41, 5.74) is 8.70. The van der Waals surface area contributed by atoms with Gasteiger partial charge in [0.25, 0.3) is 5.91 Å². The molecule has 118 valence electrons. The molecule has 0 radical (unpaired) electrons. The number of hydrogen-bond acceptors (Lipinski definition) is 6. The number of rotatable bonds is 4. The van der Waals surface area contributed by atoms with E-state index >= 15 is 0 Å². The number of aromatic nitrogens is 1. The number of nitrogens with one attached hydrogen (secondary N) is 1. The zero-order valence-corrected chi connectivity index (χ0v) is 14.1. The highest BCUT2D eigenvalue weighted by atomic mass is 32.1. The molecule has 0 atom stereocenters. The summed E-state index contributed by atoms with van der Waals surface area (Å²) in [6, 6.07) is 3.61. The number of pyridine rings is 1. The normalized spacial score (nSPS) is 13.7. The van der Waals surface area contributed by atoms with Crippen molar-refractivity contribution in [1.82, 2.24) is 4.98 Å². The maximum Gasteiger partial charge on any atom is 0.259 e. The van der Waals surface area contributed by atoms with Crippen molar-refractivity contribution < 1.29 is 9.53 Å². The van der Waals surface area contributed by atoms with Crippen LogP contribution < -0.4 is 10.5 Å². The van der Waals surface area contributed by atoms with Crippen molar-refractivity contribution in [1.29, 1.82) is 5.41 Å². The molecular weight excluding hydrogens is 330 g/mol. The van der Waals surface area contributed by atoms with Crippen molar-refractivity contribution in [3.05, 3.63) is 45.6 Å². The number of carbonyl (C=O) groups excluding carboxylic acids is 1. The maximum atomic E-state index is 11.7. The second-order valence-corrected chi connectivity index (χ2v) is 6.57. The van der Waals surface area contributed by atoms with E-state index < -0.39 is 5.91 Å². The highest BCUT2D eigenvalue weighted by Gasteiger charge is 2.28. The second-order valence-electron chi connectivity index (χ2n) is 5.14. The summed E-state index contributed by atoms with van der Waals surface area (Å²) in [5.74, 6) is 0.152. The Morgan fingerprint density at radius 2 is 2.30 bits per heavy atom. The first-order valence-corrected chi connectivity index (χ1v) is 8.27. The van der Waals surface area contributed by atoms with E-state index in [4.69, 9.17) is 15.9 Å². The molecule has 0 unspecified atom stereocenters. The number of hydrogen-bond donors (Lipinski definition) is 3. The van der Waals surface area contributed by atoms with Gasteiger partial charge >= 0.3 is 0 Å². The molecule has 1 amide bonds. The quantitative estimate of drug-likeness (QED) is 0.584. The van der Waals surface area contributed by atoms with E-state index in [0.29, 0.717) is 33.4 Å². The summed E-state index contributed by atoms with van der Waals surface area (Å²) >= 11 is 5.77. The number of aryl methyl sites for hydroxylation is 1. The summed E-state index contributed by atoms with van der Waals surface area (Å²) < 4.78 is 5.99. The Hall–Kier alpha value is -2.12. The largest absolute Gasteiger partial charge is 0.444 e. The molecule has 0 aromatic carbocycles. The predicted molar refractivity (Wildman–Crippen MR) is 94.9 cm³/mol. The molecule has 3 rings (SSSR count). The standard InChI is InChI=1S/C16H15N3O2S2/c1-8-11(3-2-6-19-8)21-16-12-10(14(23-16)15(18)20)5-4-9(7-17)13(12)22/h2-3,6-7,17,22H,4-5H2,1H3,(H2,18,20). The van der Waals surface area contributed by atoms with Crippen molar-refractivity contribution in [2.75, 3.05) is 0 Å². The first kappa shape index (κ1) is 15.8. The Bertz CT molecular complexity index is 840. The van der Waals surface area contributed by atoms with Crippen molar-refractivity contribution in [3.63, 3.8) is 0 Å². The van der Waals surface area contributed by atoms with Gasteiger partial charge in [0, 0.05) is 22.9 Å². The first-order chi connectivity index (χ1) is 11.0. The number of primary amides is 1. The molecule has 2 aromatic rings. The summed E-state index contributed by atoms with van der Waals surface area (Å²) in [7, 11) is 0. The van der Waals surface area contributed by atoms with Gasteiger partial charge in [-0.3, -0.25) is 9.78 Å². The molecule has 0 saturated heterocycles. The molecular formula is C16H15N3O2S2. The number of ether oxygens (including phenoxy) is 1. The number of thiophene rings is 1. The summed E-state index contributed by atoms with van der Waals surface area (Å²) in [4.78, 5) is 17.1. The number of allylic oxidation sites excluding steroid dienone is 1. The summed E-state index contributed by atoms with van der Waals surface area (Å²) in [6.45, 7) is 1.85. The third-order valence-electron chi connectivity index (χ3n) is 3.72. The van der Waals surface area contributed by atoms with Gasteiger partial charge in [-0.05, 0) is 43.0 Å². The minimum absolute atomic E-state index is 0.469. The van der Waals surface area contributed by atoms with E-state index in [9.17, 15) is 4.79 Å². The van der Waals surface area contributed by atoms with Crippen LogP contribution in [0.15, 0.2) is 23.9 Å². The lowest BCUT2D eigenvalue weighted by Crippen LogP contribution is -2.13. The van der Waals surface area contributed by atoms with Gasteiger partial charge in [-0.15, -0.1) is 12.6 Å². The Morgan fingerprint density at radius 3 is 2.96 bits per heavy atom. The van der Waals surface area contributed by atoms with Gasteiger partial charge in [0.1, 0.15) is 5.75 Å². The molecule has 0 bridgehead atoms. The van der Waals surface area contributed by atoms with Gasteiger partial charge in [0.15, 0.2) is 5.06 Å². The monoisotopic (exact) mass is 345 g/mol. The minimum atomic E-state index is -0.469. The van der Waals surface area contributed by atoms with Crippen LogP contribution in [0.1, 0.15) is 32.9 Å². The van der Waals surface area contributed by atoms with Gasteiger partial charge in [-0.1, -0.05) is 11.3 Å². The lowest BCUT2D eigenvalue weighted by atomic mass is 9.93. The molecule has 1 aliphatic rings. The maximum absolute atomic E-state index is 11.7. The van der Waals surface area contributed by atoms with Crippen molar-refractivity contribution in [2.45, 2.75) is 19.8 Å². The van der Waals surface area contributed by atoms with Crippen LogP contribution in [0.2, 0.25) is 0 Å². The first-order valence-electron chi connectivity index (χ1n) is 7.00. The molecule has 0 spiro atoms. The van der Waals surface area contributed by atoms with E-state index in [-0.39, 0.29) is 0 Å². The SMILES string of the molecule is Cc1ncccc1Oc1sc(C(N)=O)c2c1C(S)=C(C=N)CC2. The van der Waals surface area contributed by atoms with E-state index in [1.54, 1.807) is 12.3 Å². The molecule has 23 heavy (non-hydrogen) atoms. The highest BCUT2D eigenvalue weighted by Crippen LogP contribution is 2.47. The van der Waals surface area contributed by atoms with Crippen molar-refractivity contribution >= 4 is 41.0 Å². The summed E-state index contributed by atoms with van der Waals surface area (Å²) in [6.07, 6.45) is 4.30. The van der Waals surface area contributed by atoms with Crippen LogP contribution in [0.3, 0.4) is 0 Å². The Kier molecular flexibility index (Phi) is 4.23. The lowest BCUT2D eigenvalue weighted by Gasteiger charge is -2.17. The number of amides is 1. The van der Waals surface area contributed by atoms with Crippen LogP contribution in [0.25, 0.3) is 4.91 Å². The van der Waals surface area contributed by atoms with Gasteiger partial charge in [0.05, 0.1) is 10.6 Å². The van der Waals surface area contributed by atoms with Crippen LogP contribution in [-0.2, 0) is 6.42 Å². The Morgan fingerprint density at radius 1 is 1.52 bits per heavy atom. The average molecular weight is 345 g/mol. The topological polar surface area (TPSA) is 89.1 Å². The van der Waals surface area contributed by atoms with Crippen molar-refractivity contribution in [2.24, 2.45) is 5.73 Å². The average Bonchev–Trinajstić information content (AvgIpc) is 2.90. The molecule has 7 heteroatoms. The molecule has 0 saturated carbocycles. The fourth-order valence-corrected chi connectivity index (χ4v) is 4.11. The van der Waals surface area contributed by atoms with Crippen LogP contribution in [0.5, 0.6) is 10.8 Å². The molecule has 3 N–H and O–H groups in total. The van der Waals surface area contributed by atoms with Gasteiger partial charge in [0.2, 0.25) is 0 Å². The highest BCUT2D eigenvalue weighted by molar-refractivity contribution is 7.90. The van der Waals surface area contributed by atoms with Crippen molar-refractivity contribution in [3.8, 4) is 10.8 Å². The Labute approximate surface area is 143 Å². The number of thiol groups is 1. The third-order valence-corrected chi connectivity index (χ3v) is 5.35. The molecule has 2 aromatic heterocycles.